The minimum atomic E-state index is 0.157. The van der Waals surface area contributed by atoms with Crippen molar-refractivity contribution in [2.75, 3.05) is 20.2 Å². The Morgan fingerprint density at radius 2 is 1.91 bits per heavy atom. The molecule has 0 aliphatic carbocycles. The molecule has 1 fully saturated rings. The van der Waals surface area contributed by atoms with Gasteiger partial charge in [0.2, 0.25) is 5.91 Å². The Morgan fingerprint density at radius 3 is 2.52 bits per heavy atom. The number of amides is 1. The lowest BCUT2D eigenvalue weighted by Gasteiger charge is -2.31. The monoisotopic (exact) mass is 310 g/mol. The molecule has 0 unspecified atom stereocenters. The number of piperidine rings is 1. The van der Waals surface area contributed by atoms with Crippen LogP contribution in [-0.4, -0.2) is 36.0 Å². The molecule has 0 spiro atoms. The largest absolute Gasteiger partial charge is 0.497 e. The van der Waals surface area contributed by atoms with Crippen molar-refractivity contribution in [1.82, 2.24) is 9.88 Å². The van der Waals surface area contributed by atoms with Gasteiger partial charge in [-0.3, -0.25) is 9.78 Å². The molecule has 1 aromatic carbocycles. The fourth-order valence-corrected chi connectivity index (χ4v) is 3.11. The average molecular weight is 310 g/mol. The molecule has 1 aromatic heterocycles. The zero-order valence-corrected chi connectivity index (χ0v) is 13.7. The van der Waals surface area contributed by atoms with Gasteiger partial charge in [-0.05, 0) is 36.6 Å². The normalized spacial score (nSPS) is 17.8. The summed E-state index contributed by atoms with van der Waals surface area (Å²) in [7, 11) is 1.67. The van der Waals surface area contributed by atoms with Gasteiger partial charge in [0, 0.05) is 43.4 Å². The molecular weight excluding hydrogens is 288 g/mol. The van der Waals surface area contributed by atoms with Gasteiger partial charge in [0.1, 0.15) is 5.75 Å². The summed E-state index contributed by atoms with van der Waals surface area (Å²) in [6, 6.07) is 12.2. The summed E-state index contributed by atoms with van der Waals surface area (Å²) in [5.41, 5.74) is 3.29. The third-order valence-electron chi connectivity index (χ3n) is 4.49. The molecule has 0 radical (unpaired) electrons. The number of aromatic nitrogens is 1. The average Bonchev–Trinajstić information content (AvgIpc) is 2.62. The van der Waals surface area contributed by atoms with Gasteiger partial charge in [0.15, 0.2) is 0 Å². The number of hydrogen-bond donors (Lipinski definition) is 0. The van der Waals surface area contributed by atoms with Crippen LogP contribution in [0.2, 0.25) is 0 Å². The maximum Gasteiger partial charge on any atom is 0.219 e. The van der Waals surface area contributed by atoms with Crippen LogP contribution in [0.4, 0.5) is 0 Å². The van der Waals surface area contributed by atoms with Gasteiger partial charge in [-0.1, -0.05) is 18.2 Å². The summed E-state index contributed by atoms with van der Waals surface area (Å²) >= 11 is 0. The van der Waals surface area contributed by atoms with E-state index in [0.717, 1.165) is 48.5 Å². The molecule has 2 aromatic rings. The number of rotatable bonds is 3. The summed E-state index contributed by atoms with van der Waals surface area (Å²) in [4.78, 5) is 18.1. The van der Waals surface area contributed by atoms with Crippen molar-refractivity contribution < 1.29 is 9.53 Å². The Kier molecular flexibility index (Phi) is 4.60. The fourth-order valence-electron chi connectivity index (χ4n) is 3.11. The summed E-state index contributed by atoms with van der Waals surface area (Å²) in [5, 5.41) is 0. The third-order valence-corrected chi connectivity index (χ3v) is 4.49. The lowest BCUT2D eigenvalue weighted by atomic mass is 9.93. The summed E-state index contributed by atoms with van der Waals surface area (Å²) in [5.74, 6) is 1.35. The standard InChI is InChI=1S/C19H22N2O2/c1-14(22)21-11-3-4-17(13-21)19-10-7-16(12-20-19)15-5-8-18(23-2)9-6-15/h5-10,12,17H,3-4,11,13H2,1-2H3/t17-/m1/s1. The van der Waals surface area contributed by atoms with Crippen molar-refractivity contribution >= 4 is 5.91 Å². The number of carbonyl (C=O) groups excluding carboxylic acids is 1. The van der Waals surface area contributed by atoms with E-state index >= 15 is 0 Å². The molecule has 1 atom stereocenters. The number of likely N-dealkylation sites (tertiary alicyclic amines) is 1. The van der Waals surface area contributed by atoms with E-state index in [9.17, 15) is 4.79 Å². The molecular formula is C19H22N2O2. The van der Waals surface area contributed by atoms with Gasteiger partial charge in [-0.15, -0.1) is 0 Å². The minimum Gasteiger partial charge on any atom is -0.497 e. The number of hydrogen-bond acceptors (Lipinski definition) is 3. The van der Waals surface area contributed by atoms with Crippen LogP contribution in [0, 0.1) is 0 Å². The summed E-state index contributed by atoms with van der Waals surface area (Å²) in [6.45, 7) is 3.29. The van der Waals surface area contributed by atoms with Crippen LogP contribution in [0.25, 0.3) is 11.1 Å². The van der Waals surface area contributed by atoms with E-state index in [0.29, 0.717) is 5.92 Å². The molecule has 0 bridgehead atoms. The summed E-state index contributed by atoms with van der Waals surface area (Å²) < 4.78 is 5.19. The molecule has 1 aliphatic rings. The highest BCUT2D eigenvalue weighted by atomic mass is 16.5. The topological polar surface area (TPSA) is 42.4 Å². The van der Waals surface area contributed by atoms with Gasteiger partial charge < -0.3 is 9.64 Å². The van der Waals surface area contributed by atoms with Crippen LogP contribution >= 0.6 is 0 Å². The zero-order valence-electron chi connectivity index (χ0n) is 13.7. The first-order valence-corrected chi connectivity index (χ1v) is 8.03. The SMILES string of the molecule is COc1ccc(-c2ccc([C@@H]3CCCN(C(C)=O)C3)nc2)cc1. The first kappa shape index (κ1) is 15.5. The van der Waals surface area contributed by atoms with Gasteiger partial charge in [0.05, 0.1) is 7.11 Å². The quantitative estimate of drug-likeness (QED) is 0.871. The predicted molar refractivity (Wildman–Crippen MR) is 90.5 cm³/mol. The fraction of sp³-hybridized carbons (Fsp3) is 0.368. The maximum absolute atomic E-state index is 11.6. The van der Waals surface area contributed by atoms with Crippen molar-refractivity contribution in [2.24, 2.45) is 0 Å². The number of pyridine rings is 1. The Labute approximate surface area is 137 Å². The van der Waals surface area contributed by atoms with Crippen molar-refractivity contribution in [3.63, 3.8) is 0 Å². The first-order valence-electron chi connectivity index (χ1n) is 8.03. The van der Waals surface area contributed by atoms with E-state index in [-0.39, 0.29) is 5.91 Å². The molecule has 0 saturated carbocycles. The lowest BCUT2D eigenvalue weighted by Crippen LogP contribution is -2.37. The Bertz CT molecular complexity index is 665. The van der Waals surface area contributed by atoms with Crippen LogP contribution in [-0.2, 0) is 4.79 Å². The zero-order chi connectivity index (χ0) is 16.2. The second-order valence-corrected chi connectivity index (χ2v) is 6.00. The van der Waals surface area contributed by atoms with Crippen LogP contribution in [0.3, 0.4) is 0 Å². The Balaban J connectivity index is 1.74. The van der Waals surface area contributed by atoms with Crippen molar-refractivity contribution in [3.05, 3.63) is 48.3 Å². The molecule has 0 N–H and O–H groups in total. The van der Waals surface area contributed by atoms with Crippen LogP contribution in [0.1, 0.15) is 31.4 Å². The maximum atomic E-state index is 11.6. The van der Waals surface area contributed by atoms with Crippen LogP contribution in [0.15, 0.2) is 42.6 Å². The van der Waals surface area contributed by atoms with Gasteiger partial charge in [-0.2, -0.15) is 0 Å². The minimum absolute atomic E-state index is 0.157. The molecule has 1 saturated heterocycles. The highest BCUT2D eigenvalue weighted by Gasteiger charge is 2.23. The molecule has 4 heteroatoms. The Hall–Kier alpha value is -2.36. The first-order chi connectivity index (χ1) is 11.2. The molecule has 2 heterocycles. The Morgan fingerprint density at radius 1 is 1.17 bits per heavy atom. The predicted octanol–water partition coefficient (Wildman–Crippen LogP) is 3.48. The van der Waals surface area contributed by atoms with Crippen molar-refractivity contribution in [1.29, 1.82) is 0 Å². The molecule has 4 nitrogen and oxygen atoms in total. The van der Waals surface area contributed by atoms with E-state index in [1.165, 1.54) is 0 Å². The third kappa shape index (κ3) is 3.52. The lowest BCUT2D eigenvalue weighted by molar-refractivity contribution is -0.130. The van der Waals surface area contributed by atoms with E-state index in [1.807, 2.05) is 35.4 Å². The summed E-state index contributed by atoms with van der Waals surface area (Å²) in [6.07, 6.45) is 4.06. The molecule has 120 valence electrons. The van der Waals surface area contributed by atoms with Crippen LogP contribution < -0.4 is 4.74 Å². The van der Waals surface area contributed by atoms with E-state index in [1.54, 1.807) is 14.0 Å². The van der Waals surface area contributed by atoms with E-state index in [2.05, 4.69) is 17.1 Å². The number of benzene rings is 1. The second-order valence-electron chi connectivity index (χ2n) is 6.00. The van der Waals surface area contributed by atoms with Crippen LogP contribution in [0.5, 0.6) is 5.75 Å². The molecule has 1 amide bonds. The van der Waals surface area contributed by atoms with Gasteiger partial charge >= 0.3 is 0 Å². The van der Waals surface area contributed by atoms with Crippen molar-refractivity contribution in [3.8, 4) is 16.9 Å². The number of methoxy groups -OCH3 is 1. The highest BCUT2D eigenvalue weighted by Crippen LogP contribution is 2.28. The number of nitrogens with zero attached hydrogens (tertiary/aromatic N) is 2. The number of carbonyl (C=O) groups is 1. The molecule has 3 rings (SSSR count). The number of ether oxygens (including phenoxy) is 1. The van der Waals surface area contributed by atoms with E-state index in [4.69, 9.17) is 4.74 Å². The highest BCUT2D eigenvalue weighted by molar-refractivity contribution is 5.73. The molecule has 23 heavy (non-hydrogen) atoms. The smallest absolute Gasteiger partial charge is 0.219 e. The van der Waals surface area contributed by atoms with Gasteiger partial charge in [-0.25, -0.2) is 0 Å². The second kappa shape index (κ2) is 6.82. The van der Waals surface area contributed by atoms with E-state index < -0.39 is 0 Å². The van der Waals surface area contributed by atoms with Crippen molar-refractivity contribution in [2.45, 2.75) is 25.7 Å². The molecule has 1 aliphatic heterocycles. The van der Waals surface area contributed by atoms with Gasteiger partial charge in [0.25, 0.3) is 0 Å².